The van der Waals surface area contributed by atoms with E-state index < -0.39 is 0 Å². The number of hydrogen-bond donors (Lipinski definition) is 0. The summed E-state index contributed by atoms with van der Waals surface area (Å²) in [4.78, 5) is 19.0. The predicted octanol–water partition coefficient (Wildman–Crippen LogP) is 3.60. The van der Waals surface area contributed by atoms with Crippen LogP contribution in [0.1, 0.15) is 35.9 Å². The van der Waals surface area contributed by atoms with Crippen LogP contribution in [0.2, 0.25) is 0 Å². The summed E-state index contributed by atoms with van der Waals surface area (Å²) >= 11 is 2.24. The summed E-state index contributed by atoms with van der Waals surface area (Å²) in [5.41, 5.74) is 0.828. The number of piperidine rings is 1. The molecule has 0 bridgehead atoms. The van der Waals surface area contributed by atoms with Gasteiger partial charge in [0, 0.05) is 42.0 Å². The molecule has 1 aromatic carbocycles. The second-order valence-electron chi connectivity index (χ2n) is 6.06. The zero-order valence-corrected chi connectivity index (χ0v) is 15.6. The first-order valence-corrected chi connectivity index (χ1v) is 9.30. The number of carbonyl (C=O) groups excluding carboxylic acids is 1. The summed E-state index contributed by atoms with van der Waals surface area (Å²) in [5, 5.41) is 0. The molecule has 1 saturated heterocycles. The number of benzene rings is 1. The molecule has 4 nitrogen and oxygen atoms in total. The van der Waals surface area contributed by atoms with E-state index in [2.05, 4.69) is 45.3 Å². The molecule has 5 heteroatoms. The van der Waals surface area contributed by atoms with Gasteiger partial charge < -0.3 is 9.47 Å². The van der Waals surface area contributed by atoms with Crippen molar-refractivity contribution in [2.75, 3.05) is 13.1 Å². The molecule has 122 valence electrons. The average molecular weight is 423 g/mol. The van der Waals surface area contributed by atoms with Gasteiger partial charge in [-0.15, -0.1) is 0 Å². The lowest BCUT2D eigenvalue weighted by Gasteiger charge is -2.32. The van der Waals surface area contributed by atoms with Gasteiger partial charge in [0.05, 0.1) is 5.56 Å². The molecular formula is C18H22IN3O. The van der Waals surface area contributed by atoms with Crippen LogP contribution in [0, 0.1) is 9.49 Å². The Labute approximate surface area is 151 Å². The zero-order valence-electron chi connectivity index (χ0n) is 13.4. The van der Waals surface area contributed by atoms with E-state index in [1.54, 1.807) is 0 Å². The molecule has 2 heterocycles. The number of aryl methyl sites for hydroxylation is 1. The monoisotopic (exact) mass is 423 g/mol. The van der Waals surface area contributed by atoms with Crippen LogP contribution in [-0.2, 0) is 13.0 Å². The first-order chi connectivity index (χ1) is 11.2. The highest BCUT2D eigenvalue weighted by Crippen LogP contribution is 2.22. The van der Waals surface area contributed by atoms with E-state index in [0.717, 1.165) is 53.9 Å². The largest absolute Gasteiger partial charge is 0.339 e. The van der Waals surface area contributed by atoms with Crippen LogP contribution < -0.4 is 0 Å². The van der Waals surface area contributed by atoms with Gasteiger partial charge in [0.1, 0.15) is 5.82 Å². The van der Waals surface area contributed by atoms with Crippen LogP contribution in [0.5, 0.6) is 0 Å². The lowest BCUT2D eigenvalue weighted by Crippen LogP contribution is -2.39. The van der Waals surface area contributed by atoms with E-state index >= 15 is 0 Å². The third kappa shape index (κ3) is 3.76. The summed E-state index contributed by atoms with van der Waals surface area (Å²) < 4.78 is 3.30. The first-order valence-electron chi connectivity index (χ1n) is 8.23. The highest BCUT2D eigenvalue weighted by Gasteiger charge is 2.25. The van der Waals surface area contributed by atoms with Crippen LogP contribution in [0.4, 0.5) is 0 Å². The third-order valence-corrected chi connectivity index (χ3v) is 5.52. The van der Waals surface area contributed by atoms with Crippen molar-refractivity contribution in [1.82, 2.24) is 14.5 Å². The van der Waals surface area contributed by atoms with Crippen LogP contribution in [0.15, 0.2) is 36.7 Å². The van der Waals surface area contributed by atoms with Crippen molar-refractivity contribution in [3.8, 4) is 0 Å². The van der Waals surface area contributed by atoms with E-state index in [9.17, 15) is 4.79 Å². The fourth-order valence-electron chi connectivity index (χ4n) is 3.22. The van der Waals surface area contributed by atoms with Gasteiger partial charge in [-0.3, -0.25) is 4.79 Å². The Morgan fingerprint density at radius 3 is 2.74 bits per heavy atom. The van der Waals surface area contributed by atoms with Crippen LogP contribution in [0.25, 0.3) is 0 Å². The average Bonchev–Trinajstić information content (AvgIpc) is 3.02. The van der Waals surface area contributed by atoms with Crippen molar-refractivity contribution in [2.24, 2.45) is 5.92 Å². The van der Waals surface area contributed by atoms with Crippen molar-refractivity contribution in [3.05, 3.63) is 51.6 Å². The van der Waals surface area contributed by atoms with Crippen molar-refractivity contribution >= 4 is 28.5 Å². The highest BCUT2D eigenvalue weighted by molar-refractivity contribution is 14.1. The quantitative estimate of drug-likeness (QED) is 0.705. The van der Waals surface area contributed by atoms with E-state index in [1.807, 2.05) is 35.4 Å². The Kier molecular flexibility index (Phi) is 5.35. The van der Waals surface area contributed by atoms with Gasteiger partial charge in [0.25, 0.3) is 5.91 Å². The number of halogens is 1. The number of imidazole rings is 1. The molecule has 0 aliphatic carbocycles. The second kappa shape index (κ2) is 7.47. The molecule has 0 unspecified atom stereocenters. The Balaban J connectivity index is 1.58. The molecule has 1 aliphatic rings. The summed E-state index contributed by atoms with van der Waals surface area (Å²) in [6, 6.07) is 7.83. The maximum absolute atomic E-state index is 12.7. The Hall–Kier alpha value is -1.37. The molecule has 1 aromatic heterocycles. The number of nitrogens with zero attached hydrogens (tertiary/aromatic N) is 3. The molecule has 3 rings (SSSR count). The summed E-state index contributed by atoms with van der Waals surface area (Å²) in [6.45, 7) is 4.87. The topological polar surface area (TPSA) is 38.1 Å². The molecule has 1 aliphatic heterocycles. The van der Waals surface area contributed by atoms with Gasteiger partial charge in [0.2, 0.25) is 0 Å². The number of amides is 1. The number of hydrogen-bond acceptors (Lipinski definition) is 2. The van der Waals surface area contributed by atoms with Gasteiger partial charge in [0.15, 0.2) is 0 Å². The van der Waals surface area contributed by atoms with E-state index in [1.165, 1.54) is 0 Å². The number of carbonyl (C=O) groups is 1. The maximum atomic E-state index is 12.7. The van der Waals surface area contributed by atoms with Crippen molar-refractivity contribution in [2.45, 2.75) is 32.7 Å². The SMILES string of the molecule is CCc1nccn1CC1CCN(C(=O)c2ccccc2I)CC1. The Bertz CT molecular complexity index is 674. The number of likely N-dealkylation sites (tertiary alicyclic amines) is 1. The standard InChI is InChI=1S/C18H22IN3O/c1-2-17-20-9-12-22(17)13-14-7-10-21(11-8-14)18(23)15-5-3-4-6-16(15)19/h3-6,9,12,14H,2,7-8,10-11,13H2,1H3. The normalized spacial score (nSPS) is 15.8. The van der Waals surface area contributed by atoms with Gasteiger partial charge >= 0.3 is 0 Å². The fraction of sp³-hybridized carbons (Fsp3) is 0.444. The molecule has 1 amide bonds. The lowest BCUT2D eigenvalue weighted by molar-refractivity contribution is 0.0681. The zero-order chi connectivity index (χ0) is 16.2. The predicted molar refractivity (Wildman–Crippen MR) is 99.4 cm³/mol. The minimum absolute atomic E-state index is 0.172. The van der Waals surface area contributed by atoms with Gasteiger partial charge in [-0.2, -0.15) is 0 Å². The van der Waals surface area contributed by atoms with Gasteiger partial charge in [-0.05, 0) is 53.5 Å². The smallest absolute Gasteiger partial charge is 0.254 e. The fourth-order valence-corrected chi connectivity index (χ4v) is 3.84. The van der Waals surface area contributed by atoms with Crippen molar-refractivity contribution in [1.29, 1.82) is 0 Å². The molecule has 0 spiro atoms. The molecule has 0 N–H and O–H groups in total. The molecule has 23 heavy (non-hydrogen) atoms. The Morgan fingerprint density at radius 2 is 2.04 bits per heavy atom. The molecule has 1 fully saturated rings. The molecule has 2 aromatic rings. The van der Waals surface area contributed by atoms with Crippen molar-refractivity contribution in [3.63, 3.8) is 0 Å². The first kappa shape index (κ1) is 16.5. The third-order valence-electron chi connectivity index (χ3n) is 4.58. The lowest BCUT2D eigenvalue weighted by atomic mass is 9.96. The Morgan fingerprint density at radius 1 is 1.30 bits per heavy atom. The minimum atomic E-state index is 0.172. The maximum Gasteiger partial charge on any atom is 0.254 e. The number of aromatic nitrogens is 2. The van der Waals surface area contributed by atoms with Gasteiger partial charge in [-0.25, -0.2) is 4.98 Å². The van der Waals surface area contributed by atoms with Crippen LogP contribution in [-0.4, -0.2) is 33.4 Å². The molecular weight excluding hydrogens is 401 g/mol. The number of rotatable bonds is 4. The van der Waals surface area contributed by atoms with E-state index in [-0.39, 0.29) is 5.91 Å². The summed E-state index contributed by atoms with van der Waals surface area (Å²) in [6.07, 6.45) is 7.06. The molecule has 0 saturated carbocycles. The van der Waals surface area contributed by atoms with Crippen LogP contribution >= 0.6 is 22.6 Å². The minimum Gasteiger partial charge on any atom is -0.339 e. The van der Waals surface area contributed by atoms with E-state index in [0.29, 0.717) is 5.92 Å². The summed E-state index contributed by atoms with van der Waals surface area (Å²) in [5.74, 6) is 1.96. The second-order valence-corrected chi connectivity index (χ2v) is 7.23. The van der Waals surface area contributed by atoms with Crippen LogP contribution in [0.3, 0.4) is 0 Å². The molecule has 0 radical (unpaired) electrons. The van der Waals surface area contributed by atoms with E-state index in [4.69, 9.17) is 0 Å². The van der Waals surface area contributed by atoms with Crippen molar-refractivity contribution < 1.29 is 4.79 Å². The van der Waals surface area contributed by atoms with Gasteiger partial charge in [-0.1, -0.05) is 19.1 Å². The molecule has 0 atom stereocenters. The highest BCUT2D eigenvalue weighted by atomic mass is 127. The summed E-state index contributed by atoms with van der Waals surface area (Å²) in [7, 11) is 0.